The number of carbonyl (C=O) groups is 2. The van der Waals surface area contributed by atoms with E-state index in [1.54, 1.807) is 13.8 Å². The molecule has 1 aliphatic heterocycles. The van der Waals surface area contributed by atoms with E-state index in [1.807, 2.05) is 32.0 Å². The van der Waals surface area contributed by atoms with Crippen molar-refractivity contribution in [3.05, 3.63) is 40.7 Å². The number of hydrogen-bond donors (Lipinski definition) is 1. The topological polar surface area (TPSA) is 114 Å². The van der Waals surface area contributed by atoms with Crippen LogP contribution < -0.4 is 5.32 Å². The minimum atomic E-state index is -3.08. The van der Waals surface area contributed by atoms with Crippen molar-refractivity contribution in [2.45, 2.75) is 33.7 Å². The van der Waals surface area contributed by atoms with Crippen LogP contribution in [0.25, 0.3) is 5.69 Å². The fourth-order valence-electron chi connectivity index (χ4n) is 3.26. The van der Waals surface area contributed by atoms with Crippen LogP contribution in [0.15, 0.2) is 18.2 Å². The van der Waals surface area contributed by atoms with Crippen LogP contribution in [0.4, 0.5) is 0 Å². The highest BCUT2D eigenvalue weighted by atomic mass is 32.2. The van der Waals surface area contributed by atoms with Gasteiger partial charge < -0.3 is 10.2 Å². The fourth-order valence-corrected chi connectivity index (χ4v) is 4.46. The molecule has 0 bridgehead atoms. The van der Waals surface area contributed by atoms with Crippen LogP contribution >= 0.6 is 0 Å². The molecule has 1 N–H and O–H groups in total. The molecular weight excluding hydrogens is 394 g/mol. The lowest BCUT2D eigenvalue weighted by Gasteiger charge is -2.29. The predicted molar refractivity (Wildman–Crippen MR) is 108 cm³/mol. The zero-order valence-electron chi connectivity index (χ0n) is 17.0. The first-order valence-corrected chi connectivity index (χ1v) is 11.2. The number of benzene rings is 1. The van der Waals surface area contributed by atoms with Crippen molar-refractivity contribution in [1.82, 2.24) is 25.2 Å². The molecule has 3 rings (SSSR count). The van der Waals surface area contributed by atoms with Crippen LogP contribution in [0.1, 0.15) is 34.2 Å². The van der Waals surface area contributed by atoms with Gasteiger partial charge >= 0.3 is 0 Å². The van der Waals surface area contributed by atoms with Crippen molar-refractivity contribution in [2.75, 3.05) is 24.6 Å². The van der Waals surface area contributed by atoms with Gasteiger partial charge in [-0.25, -0.2) is 8.42 Å². The molecule has 2 aromatic rings. The Labute approximate surface area is 170 Å². The maximum absolute atomic E-state index is 12.7. The molecule has 2 amide bonds. The van der Waals surface area contributed by atoms with Gasteiger partial charge in [0.1, 0.15) is 6.04 Å². The summed E-state index contributed by atoms with van der Waals surface area (Å²) in [6.45, 7) is 7.48. The molecule has 9 nitrogen and oxygen atoms in total. The van der Waals surface area contributed by atoms with E-state index < -0.39 is 21.8 Å². The molecular formula is C19H25N5O4S. The van der Waals surface area contributed by atoms with Crippen LogP contribution in [0.3, 0.4) is 0 Å². The van der Waals surface area contributed by atoms with E-state index in [0.717, 1.165) is 16.8 Å². The molecule has 1 saturated heterocycles. The Morgan fingerprint density at radius 2 is 1.76 bits per heavy atom. The molecule has 1 aromatic carbocycles. The van der Waals surface area contributed by atoms with E-state index in [9.17, 15) is 18.0 Å². The highest BCUT2D eigenvalue weighted by molar-refractivity contribution is 7.91. The number of rotatable bonds is 4. The fraction of sp³-hybridized carbons (Fsp3) is 0.474. The third-order valence-corrected chi connectivity index (χ3v) is 6.55. The maximum atomic E-state index is 12.7. The molecule has 0 aliphatic carbocycles. The third-order valence-electron chi connectivity index (χ3n) is 4.94. The second kappa shape index (κ2) is 7.94. The van der Waals surface area contributed by atoms with Gasteiger partial charge in [-0.15, -0.1) is 5.10 Å². The summed E-state index contributed by atoms with van der Waals surface area (Å²) in [5, 5.41) is 11.3. The van der Waals surface area contributed by atoms with Crippen LogP contribution in [0.2, 0.25) is 0 Å². The van der Waals surface area contributed by atoms with Crippen molar-refractivity contribution < 1.29 is 18.0 Å². The van der Waals surface area contributed by atoms with Crippen LogP contribution in [-0.2, 0) is 14.6 Å². The van der Waals surface area contributed by atoms with Crippen molar-refractivity contribution in [2.24, 2.45) is 0 Å². The summed E-state index contributed by atoms with van der Waals surface area (Å²) < 4.78 is 23.1. The number of aromatic nitrogens is 3. The molecule has 1 unspecified atom stereocenters. The lowest BCUT2D eigenvalue weighted by atomic mass is 10.1. The average molecular weight is 420 g/mol. The monoisotopic (exact) mass is 419 g/mol. The van der Waals surface area contributed by atoms with Gasteiger partial charge in [-0.2, -0.15) is 9.90 Å². The molecule has 0 radical (unpaired) electrons. The molecule has 156 valence electrons. The van der Waals surface area contributed by atoms with E-state index in [0.29, 0.717) is 5.69 Å². The molecule has 10 heteroatoms. The lowest BCUT2D eigenvalue weighted by molar-refractivity contribution is -0.132. The maximum Gasteiger partial charge on any atom is 0.274 e. The zero-order chi connectivity index (χ0) is 21.3. The molecule has 1 aliphatic rings. The predicted octanol–water partition coefficient (Wildman–Crippen LogP) is 0.568. The summed E-state index contributed by atoms with van der Waals surface area (Å²) in [7, 11) is -3.08. The molecule has 0 saturated carbocycles. The van der Waals surface area contributed by atoms with Crippen molar-refractivity contribution in [3.63, 3.8) is 0 Å². The van der Waals surface area contributed by atoms with Crippen LogP contribution in [-0.4, -0.2) is 70.8 Å². The van der Waals surface area contributed by atoms with Gasteiger partial charge in [-0.05, 0) is 39.3 Å². The smallest absolute Gasteiger partial charge is 0.274 e. The van der Waals surface area contributed by atoms with Gasteiger partial charge in [0.25, 0.3) is 5.91 Å². The van der Waals surface area contributed by atoms with Crippen LogP contribution in [0.5, 0.6) is 0 Å². The second-order valence-electron chi connectivity index (χ2n) is 7.39. The zero-order valence-corrected chi connectivity index (χ0v) is 17.8. The van der Waals surface area contributed by atoms with Crippen LogP contribution in [0, 0.1) is 20.8 Å². The Balaban J connectivity index is 1.71. The van der Waals surface area contributed by atoms with Crippen molar-refractivity contribution >= 4 is 21.7 Å². The highest BCUT2D eigenvalue weighted by Crippen LogP contribution is 2.15. The van der Waals surface area contributed by atoms with Gasteiger partial charge in [0.2, 0.25) is 5.91 Å². The number of nitrogens with one attached hydrogen (secondary N) is 1. The number of aryl methyl sites for hydroxylation is 3. The van der Waals surface area contributed by atoms with E-state index in [1.165, 1.54) is 9.70 Å². The molecule has 2 heterocycles. The largest absolute Gasteiger partial charge is 0.339 e. The van der Waals surface area contributed by atoms with E-state index in [4.69, 9.17) is 0 Å². The molecule has 1 fully saturated rings. The molecule has 29 heavy (non-hydrogen) atoms. The minimum absolute atomic E-state index is 0.0528. The standard InChI is InChI=1S/C19H25N5O4S/c1-12-5-6-16(13(2)11-12)24-21-14(3)17(22-24)18(25)20-15(4)19(26)23-7-9-29(27,28)10-8-23/h5-6,11,15H,7-10H2,1-4H3,(H,20,25). The van der Waals surface area contributed by atoms with Gasteiger partial charge in [0, 0.05) is 13.1 Å². The Kier molecular flexibility index (Phi) is 5.74. The number of sulfone groups is 1. The highest BCUT2D eigenvalue weighted by Gasteiger charge is 2.29. The average Bonchev–Trinajstić information content (AvgIpc) is 3.02. The Bertz CT molecular complexity index is 1050. The Morgan fingerprint density at radius 1 is 1.10 bits per heavy atom. The van der Waals surface area contributed by atoms with E-state index >= 15 is 0 Å². The summed E-state index contributed by atoms with van der Waals surface area (Å²) in [5.74, 6) is -0.914. The van der Waals surface area contributed by atoms with Gasteiger partial charge in [-0.1, -0.05) is 17.7 Å². The normalized spacial score (nSPS) is 17.0. The first-order chi connectivity index (χ1) is 13.6. The number of nitrogens with zero attached hydrogens (tertiary/aromatic N) is 4. The summed E-state index contributed by atoms with van der Waals surface area (Å²) in [6.07, 6.45) is 0. The first kappa shape index (κ1) is 21.0. The summed E-state index contributed by atoms with van der Waals surface area (Å²) in [4.78, 5) is 28.1. The quantitative estimate of drug-likeness (QED) is 0.775. The van der Waals surface area contributed by atoms with Crippen molar-refractivity contribution in [3.8, 4) is 5.69 Å². The summed E-state index contributed by atoms with van der Waals surface area (Å²) in [6, 6.07) is 5.05. The van der Waals surface area contributed by atoms with Crippen molar-refractivity contribution in [1.29, 1.82) is 0 Å². The molecule has 0 spiro atoms. The SMILES string of the molecule is Cc1ccc(-n2nc(C)c(C(=O)NC(C)C(=O)N3CCS(=O)(=O)CC3)n2)c(C)c1. The molecule has 1 atom stereocenters. The van der Waals surface area contributed by atoms with E-state index in [2.05, 4.69) is 15.5 Å². The second-order valence-corrected chi connectivity index (χ2v) is 9.69. The molecule has 1 aromatic heterocycles. The summed E-state index contributed by atoms with van der Waals surface area (Å²) in [5.41, 5.74) is 3.47. The third kappa shape index (κ3) is 4.64. The Morgan fingerprint density at radius 3 is 2.38 bits per heavy atom. The van der Waals surface area contributed by atoms with Gasteiger partial charge in [0.15, 0.2) is 15.5 Å². The number of amides is 2. The van der Waals surface area contributed by atoms with E-state index in [-0.39, 0.29) is 36.2 Å². The summed E-state index contributed by atoms with van der Waals surface area (Å²) >= 11 is 0. The van der Waals surface area contributed by atoms with Gasteiger partial charge in [-0.3, -0.25) is 9.59 Å². The number of hydrogen-bond acceptors (Lipinski definition) is 6. The Hall–Kier alpha value is -2.75. The number of carbonyl (C=O) groups excluding carboxylic acids is 2. The minimum Gasteiger partial charge on any atom is -0.339 e. The lowest BCUT2D eigenvalue weighted by Crippen LogP contribution is -2.51. The first-order valence-electron chi connectivity index (χ1n) is 9.39. The van der Waals surface area contributed by atoms with Gasteiger partial charge in [0.05, 0.1) is 22.9 Å².